The van der Waals surface area contributed by atoms with Gasteiger partial charge in [0.25, 0.3) is 11.8 Å². The first-order valence-electron chi connectivity index (χ1n) is 12.8. The van der Waals surface area contributed by atoms with E-state index < -0.39 is 29.0 Å². The highest BCUT2D eigenvalue weighted by Gasteiger charge is 2.32. The lowest BCUT2D eigenvalue weighted by Crippen LogP contribution is -2.41. The highest BCUT2D eigenvalue weighted by Crippen LogP contribution is 2.29. The summed E-state index contributed by atoms with van der Waals surface area (Å²) in [5, 5.41) is 4.44. The molecule has 3 amide bonds. The van der Waals surface area contributed by atoms with Crippen LogP contribution in [0.1, 0.15) is 72.6 Å². The van der Waals surface area contributed by atoms with Crippen molar-refractivity contribution < 1.29 is 33.5 Å². The zero-order valence-corrected chi connectivity index (χ0v) is 24.3. The molecule has 212 valence electrons. The summed E-state index contributed by atoms with van der Waals surface area (Å²) in [5.74, 6) is -0.877. The summed E-state index contributed by atoms with van der Waals surface area (Å²) in [5.41, 5.74) is -0.934. The van der Waals surface area contributed by atoms with Crippen molar-refractivity contribution in [2.75, 3.05) is 25.5 Å². The lowest BCUT2D eigenvalue weighted by molar-refractivity contribution is -0.197. The first-order chi connectivity index (χ1) is 18.0. The molecule has 0 unspecified atom stereocenters. The van der Waals surface area contributed by atoms with E-state index in [-0.39, 0.29) is 25.2 Å². The molecular formula is C26H39N3O7S2. The third-order valence-electron chi connectivity index (χ3n) is 5.57. The fraction of sp³-hybridized carbons (Fsp3) is 0.654. The third-order valence-corrected chi connectivity index (χ3v) is 7.84. The first-order valence-corrected chi connectivity index (χ1v) is 15.1. The highest BCUT2D eigenvalue weighted by atomic mass is 33.1. The van der Waals surface area contributed by atoms with Crippen molar-refractivity contribution in [1.82, 2.24) is 15.4 Å². The summed E-state index contributed by atoms with van der Waals surface area (Å²) < 4.78 is 12.0. The van der Waals surface area contributed by atoms with Crippen molar-refractivity contribution in [2.45, 2.75) is 88.9 Å². The van der Waals surface area contributed by atoms with Crippen molar-refractivity contribution in [2.24, 2.45) is 0 Å². The minimum absolute atomic E-state index is 0.0121. The summed E-state index contributed by atoms with van der Waals surface area (Å²) in [6, 6.07) is 5.75. The van der Waals surface area contributed by atoms with E-state index in [1.807, 2.05) is 45.9 Å². The Hall–Kier alpha value is -2.15. The molecule has 2 rings (SSSR count). The molecule has 10 nitrogen and oxygen atoms in total. The van der Waals surface area contributed by atoms with Gasteiger partial charge in [0.05, 0.1) is 17.8 Å². The Morgan fingerprint density at radius 1 is 1.00 bits per heavy atom. The van der Waals surface area contributed by atoms with E-state index in [4.69, 9.17) is 14.3 Å². The van der Waals surface area contributed by atoms with Gasteiger partial charge in [-0.15, -0.1) is 5.06 Å². The van der Waals surface area contributed by atoms with Crippen LogP contribution >= 0.6 is 21.6 Å². The number of aromatic nitrogens is 1. The molecule has 1 fully saturated rings. The smallest absolute Gasteiger partial charge is 0.333 e. The van der Waals surface area contributed by atoms with Gasteiger partial charge in [-0.3, -0.25) is 14.4 Å². The molecule has 0 saturated carbocycles. The number of rotatable bonds is 18. The lowest BCUT2D eigenvalue weighted by atomic mass is 10.1. The largest absolute Gasteiger partial charge is 0.375 e. The second kappa shape index (κ2) is 16.1. The number of hydrogen-bond donors (Lipinski definition) is 1. The second-order valence-electron chi connectivity index (χ2n) is 10.1. The highest BCUT2D eigenvalue weighted by molar-refractivity contribution is 8.76. The molecule has 1 N–H and O–H groups in total. The average Bonchev–Trinajstić information content (AvgIpc) is 3.17. The lowest BCUT2D eigenvalue weighted by Gasteiger charge is -2.30. The molecule has 1 aromatic rings. The predicted molar refractivity (Wildman–Crippen MR) is 146 cm³/mol. The van der Waals surface area contributed by atoms with Crippen molar-refractivity contribution in [3.63, 3.8) is 0 Å². The summed E-state index contributed by atoms with van der Waals surface area (Å²) in [7, 11) is 3.16. The topological polar surface area (TPSA) is 124 Å². The SMILES string of the molecule is CC(C)(CCOC(C)(C)CNC(=O)CCSSc1ccccn1)OCCCCC(=O)ON1C(=O)CCC1=O. The molecule has 0 aromatic carbocycles. The Bertz CT molecular complexity index is 913. The molecule has 2 heterocycles. The van der Waals surface area contributed by atoms with Crippen LogP contribution in [0.15, 0.2) is 29.4 Å². The standard InChI is InChI=1S/C26H39N3O7S2/c1-25(2,34-16-8-6-10-24(33)36-29-22(31)11-12-23(29)32)14-17-35-26(3,4)19-28-20(30)13-18-37-38-21-9-5-7-15-27-21/h5,7,9,15H,6,8,10-14,16-19H2,1-4H3,(H,28,30). The molecule has 38 heavy (non-hydrogen) atoms. The minimum atomic E-state index is -0.599. The van der Waals surface area contributed by atoms with Crippen molar-refractivity contribution in [1.29, 1.82) is 0 Å². The van der Waals surface area contributed by atoms with Gasteiger partial charge < -0.3 is 19.6 Å². The molecule has 1 aliphatic rings. The average molecular weight is 570 g/mol. The predicted octanol–water partition coefficient (Wildman–Crippen LogP) is 4.09. The molecule has 0 spiro atoms. The van der Waals surface area contributed by atoms with Gasteiger partial charge in [0.2, 0.25) is 5.91 Å². The third kappa shape index (κ3) is 13.1. The number of nitrogens with zero attached hydrogens (tertiary/aromatic N) is 2. The van der Waals surface area contributed by atoms with Gasteiger partial charge >= 0.3 is 5.97 Å². The van der Waals surface area contributed by atoms with Crippen molar-refractivity contribution in [3.05, 3.63) is 24.4 Å². The number of carbonyl (C=O) groups is 4. The number of pyridine rings is 1. The maximum Gasteiger partial charge on any atom is 0.333 e. The van der Waals surface area contributed by atoms with Gasteiger partial charge in [0.15, 0.2) is 0 Å². The molecule has 1 aliphatic heterocycles. The van der Waals surface area contributed by atoms with Gasteiger partial charge in [0, 0.05) is 50.8 Å². The Kier molecular flexibility index (Phi) is 13.6. The van der Waals surface area contributed by atoms with E-state index in [0.29, 0.717) is 56.3 Å². The van der Waals surface area contributed by atoms with E-state index in [9.17, 15) is 19.2 Å². The number of amides is 3. The van der Waals surface area contributed by atoms with Crippen molar-refractivity contribution in [3.8, 4) is 0 Å². The number of ether oxygens (including phenoxy) is 2. The van der Waals surface area contributed by atoms with Crippen LogP contribution < -0.4 is 5.32 Å². The quantitative estimate of drug-likeness (QED) is 0.157. The Morgan fingerprint density at radius 2 is 1.71 bits per heavy atom. The van der Waals surface area contributed by atoms with E-state index >= 15 is 0 Å². The van der Waals surface area contributed by atoms with Gasteiger partial charge in [0.1, 0.15) is 5.03 Å². The van der Waals surface area contributed by atoms with Crippen LogP contribution in [0.3, 0.4) is 0 Å². The van der Waals surface area contributed by atoms with Crippen LogP contribution in [0.4, 0.5) is 0 Å². The monoisotopic (exact) mass is 569 g/mol. The number of hydrogen-bond acceptors (Lipinski definition) is 10. The van der Waals surface area contributed by atoms with Crippen LogP contribution in [0.25, 0.3) is 0 Å². The van der Waals surface area contributed by atoms with E-state index in [1.54, 1.807) is 27.8 Å². The molecule has 0 atom stereocenters. The zero-order valence-electron chi connectivity index (χ0n) is 22.7. The van der Waals surface area contributed by atoms with Crippen LogP contribution in [-0.2, 0) is 33.5 Å². The number of hydroxylamine groups is 2. The maximum absolute atomic E-state index is 12.2. The van der Waals surface area contributed by atoms with Crippen molar-refractivity contribution >= 4 is 45.3 Å². The number of carbonyl (C=O) groups excluding carboxylic acids is 4. The molecule has 0 radical (unpaired) electrons. The van der Waals surface area contributed by atoms with Crippen LogP contribution in [0, 0.1) is 0 Å². The van der Waals surface area contributed by atoms with Crippen LogP contribution in [-0.4, -0.2) is 70.5 Å². The van der Waals surface area contributed by atoms with Crippen LogP contribution in [0.5, 0.6) is 0 Å². The minimum Gasteiger partial charge on any atom is -0.375 e. The number of imide groups is 1. The Balaban J connectivity index is 1.51. The molecule has 0 aliphatic carbocycles. The summed E-state index contributed by atoms with van der Waals surface area (Å²) in [6.45, 7) is 9.17. The summed E-state index contributed by atoms with van der Waals surface area (Å²) in [6.07, 6.45) is 4.26. The molecular weight excluding hydrogens is 530 g/mol. The summed E-state index contributed by atoms with van der Waals surface area (Å²) >= 11 is 0. The van der Waals surface area contributed by atoms with Gasteiger partial charge in [-0.2, -0.15) is 0 Å². The van der Waals surface area contributed by atoms with E-state index in [1.165, 1.54) is 0 Å². The normalized spacial score (nSPS) is 14.2. The first kappa shape index (κ1) is 32.1. The van der Waals surface area contributed by atoms with Gasteiger partial charge in [-0.25, -0.2) is 9.78 Å². The van der Waals surface area contributed by atoms with Gasteiger partial charge in [-0.1, -0.05) is 16.9 Å². The molecule has 12 heteroatoms. The van der Waals surface area contributed by atoms with Gasteiger partial charge in [-0.05, 0) is 69.9 Å². The van der Waals surface area contributed by atoms with E-state index in [0.717, 1.165) is 5.03 Å². The van der Waals surface area contributed by atoms with Crippen LogP contribution in [0.2, 0.25) is 0 Å². The number of nitrogens with one attached hydrogen (secondary N) is 1. The summed E-state index contributed by atoms with van der Waals surface area (Å²) in [4.78, 5) is 56.1. The fourth-order valence-electron chi connectivity index (χ4n) is 3.25. The molecule has 0 bridgehead atoms. The maximum atomic E-state index is 12.2. The molecule has 1 saturated heterocycles. The Labute approximate surface area is 232 Å². The number of unbranched alkanes of at least 4 members (excludes halogenated alkanes) is 1. The molecule has 1 aromatic heterocycles. The Morgan fingerprint density at radius 3 is 2.39 bits per heavy atom. The zero-order chi connectivity index (χ0) is 28.0. The fourth-order valence-corrected chi connectivity index (χ4v) is 5.12. The second-order valence-corrected chi connectivity index (χ2v) is 12.5. The van der Waals surface area contributed by atoms with E-state index in [2.05, 4.69) is 10.3 Å².